The first-order chi connectivity index (χ1) is 9.70. The summed E-state index contributed by atoms with van der Waals surface area (Å²) in [5, 5.41) is 2.87. The van der Waals surface area contributed by atoms with Crippen LogP contribution in [0.3, 0.4) is 0 Å². The Hall–Kier alpha value is -1.91. The zero-order chi connectivity index (χ0) is 13.7. The predicted molar refractivity (Wildman–Crippen MR) is 84.6 cm³/mol. The topological polar surface area (TPSA) is 68.0 Å². The molecule has 1 aliphatic heterocycles. The summed E-state index contributed by atoms with van der Waals surface area (Å²) in [5.41, 5.74) is 11.0. The van der Waals surface area contributed by atoms with Crippen LogP contribution in [0.2, 0.25) is 0 Å². The molecule has 0 bridgehead atoms. The van der Waals surface area contributed by atoms with E-state index in [1.165, 1.54) is 5.56 Å². The summed E-state index contributed by atoms with van der Waals surface area (Å²) in [4.78, 5) is 15.9. The predicted octanol–water partition coefficient (Wildman–Crippen LogP) is 2.48. The Morgan fingerprint density at radius 2 is 2.05 bits per heavy atom. The molecule has 3 N–H and O–H groups in total. The number of hydrogen-bond acceptors (Lipinski definition) is 3. The van der Waals surface area contributed by atoms with E-state index in [0.29, 0.717) is 18.4 Å². The fourth-order valence-electron chi connectivity index (χ4n) is 2.77. The van der Waals surface area contributed by atoms with E-state index >= 15 is 0 Å². The fraction of sp³-hybridized carbons (Fsp3) is 0.250. The number of pyridine rings is 1. The maximum Gasteiger partial charge on any atom is 0.228 e. The number of nitrogens with one attached hydrogen (secondary N) is 1. The first-order valence-electron chi connectivity index (χ1n) is 6.85. The van der Waals surface area contributed by atoms with Gasteiger partial charge >= 0.3 is 0 Å². The first-order valence-corrected chi connectivity index (χ1v) is 6.85. The van der Waals surface area contributed by atoms with Crippen molar-refractivity contribution < 1.29 is 4.79 Å². The summed E-state index contributed by atoms with van der Waals surface area (Å²) in [5.74, 6) is 0.541. The van der Waals surface area contributed by atoms with Crippen LogP contribution in [-0.2, 0) is 11.2 Å². The monoisotopic (exact) mass is 301 g/mol. The van der Waals surface area contributed by atoms with Crippen molar-refractivity contribution in [1.82, 2.24) is 4.98 Å². The maximum atomic E-state index is 11.4. The van der Waals surface area contributed by atoms with Crippen LogP contribution in [0.25, 0.3) is 11.3 Å². The summed E-state index contributed by atoms with van der Waals surface area (Å²) in [6.45, 7) is 0. The summed E-state index contributed by atoms with van der Waals surface area (Å²) in [7, 11) is 0. The molecule has 108 valence electrons. The number of halogens is 1. The Morgan fingerprint density at radius 3 is 2.71 bits per heavy atom. The third kappa shape index (κ3) is 2.52. The average molecular weight is 302 g/mol. The molecule has 2 unspecified atom stereocenters. The molecule has 4 rings (SSSR count). The Morgan fingerprint density at radius 1 is 1.24 bits per heavy atom. The molecule has 4 nitrogen and oxygen atoms in total. The molecule has 1 amide bonds. The second kappa shape index (κ2) is 5.13. The third-order valence-corrected chi connectivity index (χ3v) is 4.09. The average Bonchev–Trinajstić information content (AvgIpc) is 3.06. The molecular formula is C16H16ClN3O. The van der Waals surface area contributed by atoms with Gasteiger partial charge in [-0.25, -0.2) is 0 Å². The van der Waals surface area contributed by atoms with Crippen LogP contribution in [-0.4, -0.2) is 16.9 Å². The van der Waals surface area contributed by atoms with Crippen LogP contribution in [0.15, 0.2) is 36.5 Å². The Bertz CT molecular complexity index is 699. The van der Waals surface area contributed by atoms with Gasteiger partial charge in [0.2, 0.25) is 5.91 Å². The van der Waals surface area contributed by atoms with Crippen molar-refractivity contribution in [1.29, 1.82) is 0 Å². The van der Waals surface area contributed by atoms with E-state index in [9.17, 15) is 4.79 Å². The van der Waals surface area contributed by atoms with Crippen molar-refractivity contribution in [2.75, 3.05) is 5.32 Å². The van der Waals surface area contributed by atoms with E-state index in [0.717, 1.165) is 28.9 Å². The Kier molecular flexibility index (Phi) is 3.43. The lowest BCUT2D eigenvalue weighted by molar-refractivity contribution is -0.115. The molecule has 2 aliphatic rings. The van der Waals surface area contributed by atoms with E-state index in [1.54, 1.807) is 0 Å². The minimum absolute atomic E-state index is 0. The third-order valence-electron chi connectivity index (χ3n) is 4.09. The number of anilines is 1. The van der Waals surface area contributed by atoms with Crippen LogP contribution in [0.4, 0.5) is 5.69 Å². The molecule has 1 aliphatic carbocycles. The molecule has 2 atom stereocenters. The lowest BCUT2D eigenvalue weighted by Gasteiger charge is -2.05. The van der Waals surface area contributed by atoms with Gasteiger partial charge in [-0.1, -0.05) is 18.2 Å². The molecule has 1 aromatic heterocycles. The highest BCUT2D eigenvalue weighted by atomic mass is 35.5. The van der Waals surface area contributed by atoms with Gasteiger partial charge in [0, 0.05) is 29.4 Å². The van der Waals surface area contributed by atoms with Crippen LogP contribution < -0.4 is 11.1 Å². The number of benzene rings is 1. The molecule has 21 heavy (non-hydrogen) atoms. The number of carbonyl (C=O) groups is 1. The second-order valence-electron chi connectivity index (χ2n) is 5.58. The Labute approximate surface area is 129 Å². The van der Waals surface area contributed by atoms with E-state index in [-0.39, 0.29) is 18.3 Å². The van der Waals surface area contributed by atoms with Gasteiger partial charge < -0.3 is 11.1 Å². The van der Waals surface area contributed by atoms with Crippen molar-refractivity contribution in [2.24, 2.45) is 5.73 Å². The lowest BCUT2D eigenvalue weighted by Crippen LogP contribution is -2.03. The molecule has 0 saturated heterocycles. The van der Waals surface area contributed by atoms with Crippen molar-refractivity contribution in [3.05, 3.63) is 47.7 Å². The smallest absolute Gasteiger partial charge is 0.228 e. The molecule has 2 aromatic rings. The normalized spacial score (nSPS) is 22.2. The largest absolute Gasteiger partial charge is 0.327 e. The van der Waals surface area contributed by atoms with Crippen molar-refractivity contribution >= 4 is 24.0 Å². The minimum Gasteiger partial charge on any atom is -0.327 e. The number of fused-ring (bicyclic) bond motifs is 1. The van der Waals surface area contributed by atoms with Crippen molar-refractivity contribution in [2.45, 2.75) is 24.8 Å². The zero-order valence-electron chi connectivity index (χ0n) is 11.4. The molecule has 0 radical (unpaired) electrons. The number of aromatic nitrogens is 1. The summed E-state index contributed by atoms with van der Waals surface area (Å²) < 4.78 is 0. The summed E-state index contributed by atoms with van der Waals surface area (Å²) >= 11 is 0. The SMILES string of the molecule is Cl.NC1CC1c1ccc(-c2ccc3c(c2)NC(=O)C3)nc1. The number of carbonyl (C=O) groups excluding carboxylic acids is 1. The lowest BCUT2D eigenvalue weighted by atomic mass is 10.1. The number of nitrogens with two attached hydrogens (primary N) is 1. The van der Waals surface area contributed by atoms with Gasteiger partial charge in [-0.05, 0) is 29.7 Å². The van der Waals surface area contributed by atoms with Gasteiger partial charge in [0.05, 0.1) is 12.1 Å². The van der Waals surface area contributed by atoms with Crippen LogP contribution in [0.5, 0.6) is 0 Å². The molecule has 1 aromatic carbocycles. The maximum absolute atomic E-state index is 11.4. The van der Waals surface area contributed by atoms with E-state index in [1.807, 2.05) is 30.5 Å². The van der Waals surface area contributed by atoms with Gasteiger partial charge in [-0.15, -0.1) is 12.4 Å². The zero-order valence-corrected chi connectivity index (χ0v) is 12.2. The highest BCUT2D eigenvalue weighted by Gasteiger charge is 2.34. The molecular weight excluding hydrogens is 286 g/mol. The molecule has 1 saturated carbocycles. The summed E-state index contributed by atoms with van der Waals surface area (Å²) in [6.07, 6.45) is 3.45. The second-order valence-corrected chi connectivity index (χ2v) is 5.58. The Balaban J connectivity index is 0.00000132. The van der Waals surface area contributed by atoms with Gasteiger partial charge in [-0.3, -0.25) is 9.78 Å². The summed E-state index contributed by atoms with van der Waals surface area (Å²) in [6, 6.07) is 10.4. The van der Waals surface area contributed by atoms with E-state index in [4.69, 9.17) is 5.73 Å². The number of amides is 1. The van der Waals surface area contributed by atoms with E-state index < -0.39 is 0 Å². The molecule has 5 heteroatoms. The molecule has 0 spiro atoms. The van der Waals surface area contributed by atoms with E-state index in [2.05, 4.69) is 16.4 Å². The van der Waals surface area contributed by atoms with Crippen molar-refractivity contribution in [3.63, 3.8) is 0 Å². The fourth-order valence-corrected chi connectivity index (χ4v) is 2.77. The molecule has 1 fully saturated rings. The molecule has 2 heterocycles. The van der Waals surface area contributed by atoms with Crippen molar-refractivity contribution in [3.8, 4) is 11.3 Å². The minimum atomic E-state index is 0. The van der Waals surface area contributed by atoms with Gasteiger partial charge in [-0.2, -0.15) is 0 Å². The number of hydrogen-bond donors (Lipinski definition) is 2. The quantitative estimate of drug-likeness (QED) is 0.895. The number of rotatable bonds is 2. The number of nitrogens with zero attached hydrogens (tertiary/aromatic N) is 1. The first kappa shape index (κ1) is 14.0. The van der Waals surface area contributed by atoms with Gasteiger partial charge in [0.25, 0.3) is 0 Å². The van der Waals surface area contributed by atoms with Gasteiger partial charge in [0.15, 0.2) is 0 Å². The van der Waals surface area contributed by atoms with Crippen LogP contribution >= 0.6 is 12.4 Å². The highest BCUT2D eigenvalue weighted by Crippen LogP contribution is 2.39. The van der Waals surface area contributed by atoms with Crippen LogP contribution in [0.1, 0.15) is 23.5 Å². The standard InChI is InChI=1S/C16H15N3O.ClH/c17-13-7-12(13)11-3-4-14(18-8-11)9-1-2-10-6-16(20)19-15(10)5-9;/h1-5,8,12-13H,6-7,17H2,(H,19,20);1H. The van der Waals surface area contributed by atoms with Gasteiger partial charge in [0.1, 0.15) is 0 Å². The highest BCUT2D eigenvalue weighted by molar-refractivity contribution is 5.99. The van der Waals surface area contributed by atoms with Crippen LogP contribution in [0, 0.1) is 0 Å².